The van der Waals surface area contributed by atoms with Crippen LogP contribution in [0.4, 0.5) is 0 Å². The average molecular weight is 273 g/mol. The molecular weight excluding hydrogens is 246 g/mol. The van der Waals surface area contributed by atoms with Crippen molar-refractivity contribution in [2.45, 2.75) is 46.0 Å². The molecule has 1 aliphatic rings. The van der Waals surface area contributed by atoms with Gasteiger partial charge in [0.1, 0.15) is 0 Å². The van der Waals surface area contributed by atoms with Gasteiger partial charge in [-0.15, -0.1) is 0 Å². The molecular formula is C18H27NO. The summed E-state index contributed by atoms with van der Waals surface area (Å²) in [4.78, 5) is 12.3. The Balaban J connectivity index is 1.88. The molecule has 1 aromatic rings. The first-order valence-corrected chi connectivity index (χ1v) is 7.98. The minimum Gasteiger partial charge on any atom is -0.317 e. The third-order valence-electron chi connectivity index (χ3n) is 4.13. The van der Waals surface area contributed by atoms with Crippen molar-refractivity contribution in [3.05, 3.63) is 35.4 Å². The quantitative estimate of drug-likeness (QED) is 0.798. The Morgan fingerprint density at radius 2 is 2.05 bits per heavy atom. The summed E-state index contributed by atoms with van der Waals surface area (Å²) in [7, 11) is 0. The molecule has 0 bridgehead atoms. The molecule has 0 atom stereocenters. The van der Waals surface area contributed by atoms with Crippen LogP contribution in [0.15, 0.2) is 24.3 Å². The molecule has 1 aromatic carbocycles. The van der Waals surface area contributed by atoms with Crippen molar-refractivity contribution in [2.75, 3.05) is 13.1 Å². The number of piperidine rings is 1. The maximum Gasteiger partial charge on any atom is 0.162 e. The van der Waals surface area contributed by atoms with Crippen molar-refractivity contribution in [1.82, 2.24) is 5.32 Å². The zero-order valence-corrected chi connectivity index (χ0v) is 12.8. The Kier molecular flexibility index (Phi) is 5.78. The largest absolute Gasteiger partial charge is 0.317 e. The Bertz CT molecular complexity index is 433. The standard InChI is InChI=1S/C18H27NO/c1-14(2)12-16-4-3-5-17(13-16)18(20)7-6-15-8-10-19-11-9-15/h3-5,13-15,19H,6-12H2,1-2H3. The molecule has 0 spiro atoms. The second-order valence-corrected chi connectivity index (χ2v) is 6.45. The van der Waals surface area contributed by atoms with Gasteiger partial charge in [0.15, 0.2) is 5.78 Å². The Labute approximate surface area is 123 Å². The highest BCUT2D eigenvalue weighted by atomic mass is 16.1. The summed E-state index contributed by atoms with van der Waals surface area (Å²) in [5.74, 6) is 1.68. The van der Waals surface area contributed by atoms with Crippen LogP contribution in [-0.4, -0.2) is 18.9 Å². The van der Waals surface area contributed by atoms with E-state index in [4.69, 9.17) is 0 Å². The van der Waals surface area contributed by atoms with Crippen molar-refractivity contribution < 1.29 is 4.79 Å². The van der Waals surface area contributed by atoms with Crippen molar-refractivity contribution in [3.8, 4) is 0 Å². The number of carbonyl (C=O) groups is 1. The van der Waals surface area contributed by atoms with E-state index in [-0.39, 0.29) is 0 Å². The summed E-state index contributed by atoms with van der Waals surface area (Å²) in [5, 5.41) is 3.37. The van der Waals surface area contributed by atoms with E-state index in [0.717, 1.165) is 37.4 Å². The van der Waals surface area contributed by atoms with Gasteiger partial charge in [-0.3, -0.25) is 4.79 Å². The third-order valence-corrected chi connectivity index (χ3v) is 4.13. The molecule has 1 saturated heterocycles. The van der Waals surface area contributed by atoms with Crippen LogP contribution in [0, 0.1) is 11.8 Å². The monoisotopic (exact) mass is 273 g/mol. The molecule has 1 N–H and O–H groups in total. The maximum atomic E-state index is 12.3. The number of rotatable bonds is 6. The lowest BCUT2D eigenvalue weighted by Crippen LogP contribution is -2.28. The van der Waals surface area contributed by atoms with Crippen LogP contribution in [0.3, 0.4) is 0 Å². The molecule has 1 heterocycles. The summed E-state index contributed by atoms with van der Waals surface area (Å²) in [5.41, 5.74) is 2.19. The van der Waals surface area contributed by atoms with Gasteiger partial charge in [-0.25, -0.2) is 0 Å². The first-order valence-electron chi connectivity index (χ1n) is 7.98. The predicted molar refractivity (Wildman–Crippen MR) is 84.1 cm³/mol. The fourth-order valence-corrected chi connectivity index (χ4v) is 2.99. The Hall–Kier alpha value is -1.15. The van der Waals surface area contributed by atoms with E-state index >= 15 is 0 Å². The lowest BCUT2D eigenvalue weighted by molar-refractivity contribution is 0.0970. The Morgan fingerprint density at radius 1 is 1.30 bits per heavy atom. The van der Waals surface area contributed by atoms with Gasteiger partial charge in [0.2, 0.25) is 0 Å². The van der Waals surface area contributed by atoms with Gasteiger partial charge in [0.05, 0.1) is 0 Å². The van der Waals surface area contributed by atoms with Crippen LogP contribution in [0.2, 0.25) is 0 Å². The van der Waals surface area contributed by atoms with Crippen molar-refractivity contribution in [3.63, 3.8) is 0 Å². The second kappa shape index (κ2) is 7.58. The topological polar surface area (TPSA) is 29.1 Å². The minimum absolute atomic E-state index is 0.314. The van der Waals surface area contributed by atoms with E-state index in [2.05, 4.69) is 31.3 Å². The van der Waals surface area contributed by atoms with E-state index < -0.39 is 0 Å². The van der Waals surface area contributed by atoms with Gasteiger partial charge >= 0.3 is 0 Å². The summed E-state index contributed by atoms with van der Waals surface area (Å²) in [6.45, 7) is 6.66. The first kappa shape index (κ1) is 15.2. The molecule has 2 nitrogen and oxygen atoms in total. The number of Topliss-reactive ketones (excluding diaryl/α,β-unsaturated/α-hetero) is 1. The highest BCUT2D eigenvalue weighted by molar-refractivity contribution is 5.96. The van der Waals surface area contributed by atoms with Gasteiger partial charge in [0.25, 0.3) is 0 Å². The van der Waals surface area contributed by atoms with Gasteiger partial charge in [-0.2, -0.15) is 0 Å². The smallest absolute Gasteiger partial charge is 0.162 e. The summed E-state index contributed by atoms with van der Waals surface area (Å²) in [6.07, 6.45) is 5.25. The van der Waals surface area contributed by atoms with Crippen LogP contribution >= 0.6 is 0 Å². The van der Waals surface area contributed by atoms with Crippen LogP contribution in [0.25, 0.3) is 0 Å². The van der Waals surface area contributed by atoms with Crippen LogP contribution in [-0.2, 0) is 6.42 Å². The molecule has 0 radical (unpaired) electrons. The van der Waals surface area contributed by atoms with Crippen molar-refractivity contribution in [2.24, 2.45) is 11.8 Å². The van der Waals surface area contributed by atoms with Gasteiger partial charge in [-0.05, 0) is 62.2 Å². The van der Waals surface area contributed by atoms with Gasteiger partial charge < -0.3 is 5.32 Å². The highest BCUT2D eigenvalue weighted by Crippen LogP contribution is 2.20. The molecule has 0 saturated carbocycles. The van der Waals surface area contributed by atoms with Crippen LogP contribution in [0.5, 0.6) is 0 Å². The molecule has 0 aromatic heterocycles. The van der Waals surface area contributed by atoms with Gasteiger partial charge in [-0.1, -0.05) is 32.0 Å². The Morgan fingerprint density at radius 3 is 2.75 bits per heavy atom. The van der Waals surface area contributed by atoms with E-state index in [1.54, 1.807) is 0 Å². The molecule has 0 aliphatic carbocycles. The number of nitrogens with one attached hydrogen (secondary N) is 1. The number of benzene rings is 1. The molecule has 0 amide bonds. The van der Waals surface area contributed by atoms with Crippen LogP contribution < -0.4 is 5.32 Å². The van der Waals surface area contributed by atoms with E-state index in [1.165, 1.54) is 18.4 Å². The number of hydrogen-bond acceptors (Lipinski definition) is 2. The second-order valence-electron chi connectivity index (χ2n) is 6.45. The number of ketones is 1. The molecule has 1 aliphatic heterocycles. The highest BCUT2D eigenvalue weighted by Gasteiger charge is 2.15. The molecule has 110 valence electrons. The minimum atomic E-state index is 0.314. The lowest BCUT2D eigenvalue weighted by atomic mass is 9.90. The summed E-state index contributed by atoms with van der Waals surface area (Å²) in [6, 6.07) is 8.21. The normalized spacial score (nSPS) is 16.6. The summed E-state index contributed by atoms with van der Waals surface area (Å²) >= 11 is 0. The number of carbonyl (C=O) groups excluding carboxylic acids is 1. The maximum absolute atomic E-state index is 12.3. The molecule has 2 rings (SSSR count). The van der Waals surface area contributed by atoms with Gasteiger partial charge in [0, 0.05) is 12.0 Å². The zero-order chi connectivity index (χ0) is 14.4. The SMILES string of the molecule is CC(C)Cc1cccc(C(=O)CCC2CCNCC2)c1. The predicted octanol–water partition coefficient (Wildman–Crippen LogP) is 3.85. The van der Waals surface area contributed by atoms with Crippen molar-refractivity contribution in [1.29, 1.82) is 0 Å². The van der Waals surface area contributed by atoms with Crippen LogP contribution in [0.1, 0.15) is 55.5 Å². The fourth-order valence-electron chi connectivity index (χ4n) is 2.99. The third kappa shape index (κ3) is 4.75. The van der Waals surface area contributed by atoms with Crippen molar-refractivity contribution >= 4 is 5.78 Å². The molecule has 1 fully saturated rings. The zero-order valence-electron chi connectivity index (χ0n) is 12.8. The van der Waals surface area contributed by atoms with E-state index in [1.807, 2.05) is 12.1 Å². The number of hydrogen-bond donors (Lipinski definition) is 1. The first-order chi connectivity index (χ1) is 9.65. The average Bonchev–Trinajstić information content (AvgIpc) is 2.45. The van der Waals surface area contributed by atoms with E-state index in [0.29, 0.717) is 18.1 Å². The van der Waals surface area contributed by atoms with E-state index in [9.17, 15) is 4.79 Å². The lowest BCUT2D eigenvalue weighted by Gasteiger charge is -2.22. The summed E-state index contributed by atoms with van der Waals surface area (Å²) < 4.78 is 0. The molecule has 20 heavy (non-hydrogen) atoms. The fraction of sp³-hybridized carbons (Fsp3) is 0.611. The molecule has 2 heteroatoms. The molecule has 0 unspecified atom stereocenters.